The summed E-state index contributed by atoms with van der Waals surface area (Å²) in [6.45, 7) is 0. The van der Waals surface area contributed by atoms with E-state index in [9.17, 15) is 9.18 Å². The Bertz CT molecular complexity index is 526. The SMILES string of the molecule is O=C(O)c1cnc(-c2ccccc2F)cn1. The molecular formula is C11H7FN2O2. The minimum absolute atomic E-state index is 0.167. The minimum Gasteiger partial charge on any atom is -0.476 e. The van der Waals surface area contributed by atoms with Gasteiger partial charge in [0.2, 0.25) is 0 Å². The van der Waals surface area contributed by atoms with Crippen LogP contribution in [-0.2, 0) is 0 Å². The van der Waals surface area contributed by atoms with Crippen molar-refractivity contribution in [3.63, 3.8) is 0 Å². The van der Waals surface area contributed by atoms with Gasteiger partial charge in [0.1, 0.15) is 5.82 Å². The Morgan fingerprint density at radius 3 is 2.50 bits per heavy atom. The molecule has 0 saturated carbocycles. The van der Waals surface area contributed by atoms with Crippen LogP contribution in [-0.4, -0.2) is 21.0 Å². The number of carboxylic acids is 1. The van der Waals surface area contributed by atoms with E-state index < -0.39 is 11.8 Å². The van der Waals surface area contributed by atoms with Gasteiger partial charge < -0.3 is 5.11 Å². The largest absolute Gasteiger partial charge is 0.476 e. The lowest BCUT2D eigenvalue weighted by molar-refractivity contribution is 0.0690. The van der Waals surface area contributed by atoms with Crippen molar-refractivity contribution in [1.82, 2.24) is 9.97 Å². The predicted molar refractivity (Wildman–Crippen MR) is 54.4 cm³/mol. The summed E-state index contributed by atoms with van der Waals surface area (Å²) in [5.74, 6) is -1.58. The molecule has 1 N–H and O–H groups in total. The molecule has 0 radical (unpaired) electrons. The van der Waals surface area contributed by atoms with Crippen LogP contribution in [0.2, 0.25) is 0 Å². The summed E-state index contributed by atoms with van der Waals surface area (Å²) >= 11 is 0. The number of benzene rings is 1. The van der Waals surface area contributed by atoms with E-state index in [2.05, 4.69) is 9.97 Å². The molecule has 0 bridgehead atoms. The van der Waals surface area contributed by atoms with Crippen LogP contribution in [0.1, 0.15) is 10.5 Å². The molecule has 0 aliphatic carbocycles. The highest BCUT2D eigenvalue weighted by molar-refractivity contribution is 5.85. The summed E-state index contributed by atoms with van der Waals surface area (Å²) in [6.07, 6.45) is 2.34. The lowest BCUT2D eigenvalue weighted by Gasteiger charge is -2.01. The van der Waals surface area contributed by atoms with Gasteiger partial charge in [-0.3, -0.25) is 4.98 Å². The average Bonchev–Trinajstić information content (AvgIpc) is 2.30. The average molecular weight is 218 g/mol. The second kappa shape index (κ2) is 4.06. The molecular weight excluding hydrogens is 211 g/mol. The fourth-order valence-electron chi connectivity index (χ4n) is 1.25. The van der Waals surface area contributed by atoms with Gasteiger partial charge in [-0.25, -0.2) is 14.2 Å². The minimum atomic E-state index is -1.16. The molecule has 0 unspecified atom stereocenters. The Morgan fingerprint density at radius 1 is 1.19 bits per heavy atom. The van der Waals surface area contributed by atoms with E-state index in [0.717, 1.165) is 6.20 Å². The highest BCUT2D eigenvalue weighted by atomic mass is 19.1. The molecule has 5 heteroatoms. The first kappa shape index (κ1) is 10.2. The van der Waals surface area contributed by atoms with E-state index in [1.807, 2.05) is 0 Å². The van der Waals surface area contributed by atoms with E-state index >= 15 is 0 Å². The fraction of sp³-hybridized carbons (Fsp3) is 0. The van der Waals surface area contributed by atoms with Gasteiger partial charge in [0.15, 0.2) is 5.69 Å². The number of carboxylic acid groups (broad SMARTS) is 1. The van der Waals surface area contributed by atoms with Crippen LogP contribution >= 0.6 is 0 Å². The van der Waals surface area contributed by atoms with E-state index in [0.29, 0.717) is 11.3 Å². The third-order valence-electron chi connectivity index (χ3n) is 2.02. The van der Waals surface area contributed by atoms with Crippen molar-refractivity contribution in [3.8, 4) is 11.3 Å². The number of aromatic nitrogens is 2. The maximum atomic E-state index is 13.4. The number of rotatable bonds is 2. The normalized spacial score (nSPS) is 10.1. The summed E-state index contributed by atoms with van der Waals surface area (Å²) < 4.78 is 13.4. The first-order valence-electron chi connectivity index (χ1n) is 4.49. The molecule has 0 aliphatic rings. The molecule has 0 spiro atoms. The molecule has 0 amide bonds. The second-order valence-electron chi connectivity index (χ2n) is 3.07. The quantitative estimate of drug-likeness (QED) is 0.837. The number of halogens is 1. The number of aromatic carboxylic acids is 1. The van der Waals surface area contributed by atoms with Crippen LogP contribution in [0.4, 0.5) is 4.39 Å². The van der Waals surface area contributed by atoms with Gasteiger partial charge in [-0.2, -0.15) is 0 Å². The van der Waals surface area contributed by atoms with Gasteiger partial charge in [-0.1, -0.05) is 12.1 Å². The molecule has 0 saturated heterocycles. The Kier molecular flexibility index (Phi) is 2.59. The number of hydrogen-bond donors (Lipinski definition) is 1. The molecule has 2 rings (SSSR count). The summed E-state index contributed by atoms with van der Waals surface area (Å²) in [5, 5.41) is 8.62. The number of hydrogen-bond acceptors (Lipinski definition) is 3. The molecule has 1 heterocycles. The highest BCUT2D eigenvalue weighted by Crippen LogP contribution is 2.19. The van der Waals surface area contributed by atoms with Gasteiger partial charge >= 0.3 is 5.97 Å². The Labute approximate surface area is 90.4 Å². The van der Waals surface area contributed by atoms with E-state index in [1.54, 1.807) is 18.2 Å². The number of nitrogens with zero attached hydrogens (tertiary/aromatic N) is 2. The van der Waals surface area contributed by atoms with Crippen LogP contribution in [0.25, 0.3) is 11.3 Å². The molecule has 0 aliphatic heterocycles. The van der Waals surface area contributed by atoms with Crippen molar-refractivity contribution in [2.24, 2.45) is 0 Å². The predicted octanol–water partition coefficient (Wildman–Crippen LogP) is 1.98. The highest BCUT2D eigenvalue weighted by Gasteiger charge is 2.08. The van der Waals surface area contributed by atoms with Crippen molar-refractivity contribution < 1.29 is 14.3 Å². The molecule has 1 aromatic heterocycles. The van der Waals surface area contributed by atoms with Gasteiger partial charge in [-0.15, -0.1) is 0 Å². The van der Waals surface area contributed by atoms with Crippen molar-refractivity contribution >= 4 is 5.97 Å². The summed E-state index contributed by atoms with van der Waals surface area (Å²) in [7, 11) is 0. The van der Waals surface area contributed by atoms with Crippen molar-refractivity contribution in [1.29, 1.82) is 0 Å². The Hall–Kier alpha value is -2.30. The number of carbonyl (C=O) groups is 1. The molecule has 2 aromatic rings. The fourth-order valence-corrected chi connectivity index (χ4v) is 1.25. The first-order chi connectivity index (χ1) is 7.68. The van der Waals surface area contributed by atoms with E-state index in [4.69, 9.17) is 5.11 Å². The van der Waals surface area contributed by atoms with Gasteiger partial charge in [0.05, 0.1) is 18.1 Å². The lowest BCUT2D eigenvalue weighted by atomic mass is 10.1. The Balaban J connectivity index is 2.43. The van der Waals surface area contributed by atoms with E-state index in [-0.39, 0.29) is 5.69 Å². The van der Waals surface area contributed by atoms with Crippen molar-refractivity contribution in [3.05, 3.63) is 48.2 Å². The molecule has 80 valence electrons. The monoisotopic (exact) mass is 218 g/mol. The second-order valence-corrected chi connectivity index (χ2v) is 3.07. The lowest BCUT2D eigenvalue weighted by Crippen LogP contribution is -2.01. The molecule has 16 heavy (non-hydrogen) atoms. The third kappa shape index (κ3) is 1.88. The van der Waals surface area contributed by atoms with Crippen LogP contribution in [0.3, 0.4) is 0 Å². The maximum Gasteiger partial charge on any atom is 0.356 e. The van der Waals surface area contributed by atoms with E-state index in [1.165, 1.54) is 12.3 Å². The zero-order chi connectivity index (χ0) is 11.5. The van der Waals surface area contributed by atoms with Crippen molar-refractivity contribution in [2.45, 2.75) is 0 Å². The zero-order valence-electron chi connectivity index (χ0n) is 8.09. The summed E-state index contributed by atoms with van der Waals surface area (Å²) in [5.41, 5.74) is 0.440. The molecule has 0 fully saturated rings. The third-order valence-corrected chi connectivity index (χ3v) is 2.02. The zero-order valence-corrected chi connectivity index (χ0v) is 8.09. The van der Waals surface area contributed by atoms with Crippen LogP contribution in [0.15, 0.2) is 36.7 Å². The summed E-state index contributed by atoms with van der Waals surface area (Å²) in [6, 6.07) is 6.10. The standard InChI is InChI=1S/C11H7FN2O2/c12-8-4-2-1-3-7(8)9-5-14-10(6-13-9)11(15)16/h1-6H,(H,15,16). The van der Waals surface area contributed by atoms with Crippen LogP contribution < -0.4 is 0 Å². The van der Waals surface area contributed by atoms with Gasteiger partial charge in [0.25, 0.3) is 0 Å². The van der Waals surface area contributed by atoms with Gasteiger partial charge in [-0.05, 0) is 12.1 Å². The van der Waals surface area contributed by atoms with Gasteiger partial charge in [0, 0.05) is 5.56 Å². The molecule has 1 aromatic carbocycles. The van der Waals surface area contributed by atoms with Crippen LogP contribution in [0, 0.1) is 5.82 Å². The van der Waals surface area contributed by atoms with Crippen LogP contribution in [0.5, 0.6) is 0 Å². The van der Waals surface area contributed by atoms with Crippen molar-refractivity contribution in [2.75, 3.05) is 0 Å². The molecule has 0 atom stereocenters. The Morgan fingerprint density at radius 2 is 1.94 bits per heavy atom. The topological polar surface area (TPSA) is 63.1 Å². The first-order valence-corrected chi connectivity index (χ1v) is 4.49. The molecule has 4 nitrogen and oxygen atoms in total. The smallest absolute Gasteiger partial charge is 0.356 e. The summed E-state index contributed by atoms with van der Waals surface area (Å²) in [4.78, 5) is 18.1. The maximum absolute atomic E-state index is 13.4.